The summed E-state index contributed by atoms with van der Waals surface area (Å²) in [5, 5.41) is 0.674. The predicted octanol–water partition coefficient (Wildman–Crippen LogP) is 2.88. The van der Waals surface area contributed by atoms with Gasteiger partial charge in [0.05, 0.1) is 11.4 Å². The van der Waals surface area contributed by atoms with Gasteiger partial charge in [-0.2, -0.15) is 0 Å². The molecule has 0 bridgehead atoms. The van der Waals surface area contributed by atoms with Gasteiger partial charge >= 0.3 is 0 Å². The first-order valence-electron chi connectivity index (χ1n) is 10.5. The first kappa shape index (κ1) is 22.5. The van der Waals surface area contributed by atoms with Gasteiger partial charge in [0.15, 0.2) is 11.5 Å². The summed E-state index contributed by atoms with van der Waals surface area (Å²) in [5.41, 5.74) is 2.56. The summed E-state index contributed by atoms with van der Waals surface area (Å²) >= 11 is 6.15. The second-order valence-electron chi connectivity index (χ2n) is 7.74. The van der Waals surface area contributed by atoms with Crippen LogP contribution in [0.5, 0.6) is 11.5 Å². The number of carbonyl (C=O) groups excluding carboxylic acids is 1. The van der Waals surface area contributed by atoms with E-state index in [0.717, 1.165) is 15.6 Å². The third-order valence-corrected chi connectivity index (χ3v) is 7.74. The van der Waals surface area contributed by atoms with Crippen LogP contribution < -0.4 is 18.7 Å². The highest BCUT2D eigenvalue weighted by atomic mass is 35.5. The standard InChI is InChI=1S/C22H26ClN3O5S/c1-3-32(28,29)26(18-6-7-20-21(13-18)31-15-30-20)14-22(27)25-10-8-24(9-11-25)19-12-17(23)5-4-16(19)2/h4-7,12-13H,3,8-11,14-15H2,1-2H3. The molecule has 2 heterocycles. The number of piperazine rings is 1. The van der Waals surface area contributed by atoms with Crippen LogP contribution in [0.4, 0.5) is 11.4 Å². The first-order chi connectivity index (χ1) is 15.3. The number of fused-ring (bicyclic) bond motifs is 1. The summed E-state index contributed by atoms with van der Waals surface area (Å²) in [5.74, 6) is 0.677. The second-order valence-corrected chi connectivity index (χ2v) is 10.4. The van der Waals surface area contributed by atoms with E-state index in [0.29, 0.717) is 48.4 Å². The van der Waals surface area contributed by atoms with E-state index in [2.05, 4.69) is 4.90 Å². The lowest BCUT2D eigenvalue weighted by molar-refractivity contribution is -0.129. The molecule has 0 radical (unpaired) electrons. The van der Waals surface area contributed by atoms with Crippen LogP contribution in [0, 0.1) is 6.92 Å². The summed E-state index contributed by atoms with van der Waals surface area (Å²) in [6.07, 6.45) is 0. The van der Waals surface area contributed by atoms with Crippen molar-refractivity contribution in [1.29, 1.82) is 0 Å². The Labute approximate surface area is 193 Å². The number of amides is 1. The van der Waals surface area contributed by atoms with E-state index >= 15 is 0 Å². The van der Waals surface area contributed by atoms with Gasteiger partial charge < -0.3 is 19.3 Å². The van der Waals surface area contributed by atoms with Crippen molar-refractivity contribution in [2.45, 2.75) is 13.8 Å². The number of nitrogens with zero attached hydrogens (tertiary/aromatic N) is 3. The molecule has 0 atom stereocenters. The van der Waals surface area contributed by atoms with Crippen LogP contribution in [0.3, 0.4) is 0 Å². The molecule has 1 amide bonds. The van der Waals surface area contributed by atoms with Crippen LogP contribution in [-0.2, 0) is 14.8 Å². The number of aryl methyl sites for hydroxylation is 1. The SMILES string of the molecule is CCS(=O)(=O)N(CC(=O)N1CCN(c2cc(Cl)ccc2C)CC1)c1ccc2c(c1)OCO2. The molecule has 1 saturated heterocycles. The Morgan fingerprint density at radius 2 is 1.78 bits per heavy atom. The molecule has 2 aromatic carbocycles. The van der Waals surface area contributed by atoms with E-state index in [4.69, 9.17) is 21.1 Å². The minimum Gasteiger partial charge on any atom is -0.454 e. The van der Waals surface area contributed by atoms with Gasteiger partial charge in [-0.3, -0.25) is 9.10 Å². The Hall–Kier alpha value is -2.65. The number of ether oxygens (including phenoxy) is 2. The third-order valence-electron chi connectivity index (χ3n) is 5.77. The fourth-order valence-electron chi connectivity index (χ4n) is 3.89. The molecule has 2 aliphatic rings. The summed E-state index contributed by atoms with van der Waals surface area (Å²) in [4.78, 5) is 17.0. The van der Waals surface area contributed by atoms with Gasteiger partial charge in [0.25, 0.3) is 0 Å². The molecule has 1 fully saturated rings. The zero-order valence-electron chi connectivity index (χ0n) is 18.1. The average molecular weight is 480 g/mol. The Bertz CT molecular complexity index is 1120. The number of halogens is 1. The zero-order chi connectivity index (χ0) is 22.9. The van der Waals surface area contributed by atoms with Gasteiger partial charge in [-0.15, -0.1) is 0 Å². The monoisotopic (exact) mass is 479 g/mol. The highest BCUT2D eigenvalue weighted by Gasteiger charge is 2.29. The molecule has 10 heteroatoms. The highest BCUT2D eigenvalue weighted by Crippen LogP contribution is 2.36. The largest absolute Gasteiger partial charge is 0.454 e. The number of carbonyl (C=O) groups is 1. The van der Waals surface area contributed by atoms with E-state index in [9.17, 15) is 13.2 Å². The molecule has 0 aliphatic carbocycles. The van der Waals surface area contributed by atoms with Gasteiger partial charge in [0, 0.05) is 43.0 Å². The molecule has 0 N–H and O–H groups in total. The maximum atomic E-state index is 13.1. The molecule has 2 aliphatic heterocycles. The summed E-state index contributed by atoms with van der Waals surface area (Å²) in [6, 6.07) is 10.7. The molecule has 8 nitrogen and oxygen atoms in total. The van der Waals surface area contributed by atoms with Gasteiger partial charge in [0.2, 0.25) is 22.7 Å². The Kier molecular flexibility index (Phi) is 6.39. The zero-order valence-corrected chi connectivity index (χ0v) is 19.7. The quantitative estimate of drug-likeness (QED) is 0.634. The molecule has 172 valence electrons. The van der Waals surface area contributed by atoms with Crippen LogP contribution in [0.1, 0.15) is 12.5 Å². The maximum absolute atomic E-state index is 13.1. The van der Waals surface area contributed by atoms with Crippen molar-refractivity contribution in [2.75, 3.05) is 54.5 Å². The molecular weight excluding hydrogens is 454 g/mol. The van der Waals surface area contributed by atoms with Crippen LogP contribution in [0.15, 0.2) is 36.4 Å². The number of hydrogen-bond donors (Lipinski definition) is 0. The normalized spacial score (nSPS) is 15.7. The number of anilines is 2. The van der Waals surface area contributed by atoms with Gasteiger partial charge in [-0.05, 0) is 43.7 Å². The fraction of sp³-hybridized carbons (Fsp3) is 0.409. The Morgan fingerprint density at radius 3 is 2.50 bits per heavy atom. The molecule has 0 saturated carbocycles. The fourth-order valence-corrected chi connectivity index (χ4v) is 5.11. The van der Waals surface area contributed by atoms with Crippen molar-refractivity contribution in [1.82, 2.24) is 4.90 Å². The molecule has 0 unspecified atom stereocenters. The van der Waals surface area contributed by atoms with Crippen LogP contribution in [0.2, 0.25) is 5.02 Å². The van der Waals surface area contributed by atoms with Gasteiger partial charge in [-0.1, -0.05) is 17.7 Å². The molecule has 0 aromatic heterocycles. The van der Waals surface area contributed by atoms with Crippen molar-refractivity contribution < 1.29 is 22.7 Å². The summed E-state index contributed by atoms with van der Waals surface area (Å²) in [7, 11) is -3.66. The smallest absolute Gasteiger partial charge is 0.243 e. The Morgan fingerprint density at radius 1 is 1.06 bits per heavy atom. The summed E-state index contributed by atoms with van der Waals surface area (Å²) in [6.45, 7) is 5.74. The molecule has 32 heavy (non-hydrogen) atoms. The number of benzene rings is 2. The van der Waals surface area contributed by atoms with Gasteiger partial charge in [0.1, 0.15) is 6.54 Å². The molecule has 2 aromatic rings. The van der Waals surface area contributed by atoms with E-state index in [1.807, 2.05) is 25.1 Å². The van der Waals surface area contributed by atoms with Crippen molar-refractivity contribution in [3.8, 4) is 11.5 Å². The van der Waals surface area contributed by atoms with E-state index in [1.54, 1.807) is 30.0 Å². The van der Waals surface area contributed by atoms with Crippen LogP contribution in [-0.4, -0.2) is 64.5 Å². The number of rotatable bonds is 6. The topological polar surface area (TPSA) is 79.4 Å². The van der Waals surface area contributed by atoms with E-state index < -0.39 is 10.0 Å². The lowest BCUT2D eigenvalue weighted by Gasteiger charge is -2.37. The van der Waals surface area contributed by atoms with Crippen molar-refractivity contribution in [3.63, 3.8) is 0 Å². The number of sulfonamides is 1. The predicted molar refractivity (Wildman–Crippen MR) is 124 cm³/mol. The van der Waals surface area contributed by atoms with Crippen molar-refractivity contribution >= 4 is 38.9 Å². The number of hydrogen-bond acceptors (Lipinski definition) is 6. The lowest BCUT2D eigenvalue weighted by atomic mass is 10.1. The molecule has 4 rings (SSSR count). The third kappa shape index (κ3) is 4.59. The van der Waals surface area contributed by atoms with Gasteiger partial charge in [-0.25, -0.2) is 8.42 Å². The van der Waals surface area contributed by atoms with E-state index in [1.165, 1.54) is 0 Å². The van der Waals surface area contributed by atoms with Crippen LogP contribution in [0.25, 0.3) is 0 Å². The average Bonchev–Trinajstić information content (AvgIpc) is 3.27. The highest BCUT2D eigenvalue weighted by molar-refractivity contribution is 7.92. The molecular formula is C22H26ClN3O5S. The maximum Gasteiger partial charge on any atom is 0.243 e. The first-order valence-corrected chi connectivity index (χ1v) is 12.5. The van der Waals surface area contributed by atoms with Crippen LogP contribution >= 0.6 is 11.6 Å². The Balaban J connectivity index is 1.47. The summed E-state index contributed by atoms with van der Waals surface area (Å²) < 4.78 is 37.4. The second kappa shape index (κ2) is 9.07. The van der Waals surface area contributed by atoms with E-state index in [-0.39, 0.29) is 25.0 Å². The minimum absolute atomic E-state index is 0.0919. The van der Waals surface area contributed by atoms with Crippen molar-refractivity contribution in [2.24, 2.45) is 0 Å². The molecule has 0 spiro atoms. The minimum atomic E-state index is -3.66. The van der Waals surface area contributed by atoms with Crippen molar-refractivity contribution in [3.05, 3.63) is 47.0 Å². The lowest BCUT2D eigenvalue weighted by Crippen LogP contribution is -2.52.